The average molecular weight is 418 g/mol. The Labute approximate surface area is 166 Å². The van der Waals surface area contributed by atoms with Crippen molar-refractivity contribution in [2.45, 2.75) is 61.6 Å². The summed E-state index contributed by atoms with van der Waals surface area (Å²) in [4.78, 5) is 0. The van der Waals surface area contributed by atoms with Crippen molar-refractivity contribution in [1.82, 2.24) is 0 Å². The molecule has 0 spiro atoms. The van der Waals surface area contributed by atoms with Gasteiger partial charge in [-0.2, -0.15) is 0 Å². The van der Waals surface area contributed by atoms with Crippen LogP contribution < -0.4 is 0 Å². The smallest absolute Gasteiger partial charge is 0.314 e. The van der Waals surface area contributed by atoms with Crippen molar-refractivity contribution in [3.8, 4) is 0 Å². The molecular formula is C18H26O11. The number of rotatable bonds is 6. The number of hydrogen-bond donors (Lipinski definition) is 7. The number of aliphatic hydroxyl groups excluding tert-OH is 7. The molecule has 0 radical (unpaired) electrons. The van der Waals surface area contributed by atoms with E-state index in [0.717, 1.165) is 0 Å². The van der Waals surface area contributed by atoms with Crippen molar-refractivity contribution in [3.63, 3.8) is 0 Å². The largest absolute Gasteiger partial charge is 0.394 e. The molecule has 164 valence electrons. The van der Waals surface area contributed by atoms with Gasteiger partial charge >= 0.3 is 5.97 Å². The van der Waals surface area contributed by atoms with Gasteiger partial charge in [-0.25, -0.2) is 0 Å². The summed E-state index contributed by atoms with van der Waals surface area (Å²) in [6.07, 6.45) is -13.2. The highest BCUT2D eigenvalue weighted by molar-refractivity contribution is 5.13. The van der Waals surface area contributed by atoms with Crippen molar-refractivity contribution >= 4 is 0 Å². The zero-order valence-electron chi connectivity index (χ0n) is 15.4. The second-order valence-electron chi connectivity index (χ2n) is 7.00. The summed E-state index contributed by atoms with van der Waals surface area (Å²) in [6, 6.07) is 8.72. The van der Waals surface area contributed by atoms with Crippen LogP contribution in [0, 0.1) is 0 Å². The number of hydrogen-bond acceptors (Lipinski definition) is 11. The molecule has 1 aromatic carbocycles. The van der Waals surface area contributed by atoms with Gasteiger partial charge in [0.25, 0.3) is 0 Å². The molecule has 2 aliphatic rings. The van der Waals surface area contributed by atoms with E-state index in [1.807, 2.05) is 0 Å². The Bertz CT molecular complexity index is 646. The molecule has 0 bridgehead atoms. The van der Waals surface area contributed by atoms with Crippen LogP contribution in [-0.2, 0) is 25.6 Å². The van der Waals surface area contributed by atoms with Crippen molar-refractivity contribution in [3.05, 3.63) is 35.9 Å². The molecule has 2 fully saturated rings. The maximum Gasteiger partial charge on any atom is 0.314 e. The van der Waals surface area contributed by atoms with Gasteiger partial charge in [-0.05, 0) is 5.56 Å². The second kappa shape index (κ2) is 9.29. The Hall–Kier alpha value is -1.22. The lowest BCUT2D eigenvalue weighted by molar-refractivity contribution is -0.477. The average Bonchev–Trinajstić information content (AvgIpc) is 2.73. The highest BCUT2D eigenvalue weighted by Crippen LogP contribution is 2.34. The van der Waals surface area contributed by atoms with E-state index >= 15 is 0 Å². The van der Waals surface area contributed by atoms with E-state index in [-0.39, 0.29) is 6.61 Å². The molecule has 29 heavy (non-hydrogen) atoms. The predicted molar refractivity (Wildman–Crippen MR) is 92.8 cm³/mol. The van der Waals surface area contributed by atoms with Crippen LogP contribution in [0.4, 0.5) is 0 Å². The lowest BCUT2D eigenvalue weighted by atomic mass is 9.98. The molecule has 1 unspecified atom stereocenters. The van der Waals surface area contributed by atoms with Crippen LogP contribution in [0.1, 0.15) is 5.56 Å². The molecule has 0 amide bonds. The topological polar surface area (TPSA) is 179 Å². The molecule has 0 saturated carbocycles. The van der Waals surface area contributed by atoms with Crippen LogP contribution in [-0.4, -0.2) is 104 Å². The zero-order chi connectivity index (χ0) is 21.2. The first kappa shape index (κ1) is 22.5. The van der Waals surface area contributed by atoms with E-state index in [2.05, 4.69) is 0 Å². The number of aliphatic hydroxyl groups is 7. The number of ether oxygens (including phenoxy) is 4. The van der Waals surface area contributed by atoms with Crippen LogP contribution in [0.5, 0.6) is 0 Å². The summed E-state index contributed by atoms with van der Waals surface area (Å²) in [6.45, 7) is -1.29. The van der Waals surface area contributed by atoms with Gasteiger partial charge in [-0.15, -0.1) is 0 Å². The lowest BCUT2D eigenvalue weighted by Crippen LogP contribution is -2.68. The van der Waals surface area contributed by atoms with E-state index < -0.39 is 68.2 Å². The third-order valence-corrected chi connectivity index (χ3v) is 4.96. The van der Waals surface area contributed by atoms with Gasteiger partial charge in [0.1, 0.15) is 36.6 Å². The monoisotopic (exact) mass is 418 g/mol. The summed E-state index contributed by atoms with van der Waals surface area (Å²) < 4.78 is 21.5. The van der Waals surface area contributed by atoms with Gasteiger partial charge < -0.3 is 54.7 Å². The standard InChI is InChI=1S/C18H26O11/c19-6-11-13(22)14(23)15(17(25)28-11)29-18(16(24)12(21)10(20)8-27-18)26-7-9-4-2-1-3-5-9/h1-5,10-17,19-25H,6-8H2/t10-,11-,12+,13-,14+,15-,16-,17?,18+/m0/s1. The first-order valence-corrected chi connectivity index (χ1v) is 9.13. The maximum atomic E-state index is 10.5. The molecule has 2 heterocycles. The Morgan fingerprint density at radius 2 is 1.66 bits per heavy atom. The Morgan fingerprint density at radius 3 is 2.31 bits per heavy atom. The maximum absolute atomic E-state index is 10.5. The van der Waals surface area contributed by atoms with Crippen molar-refractivity contribution in [2.75, 3.05) is 13.2 Å². The summed E-state index contributed by atoms with van der Waals surface area (Å²) in [5, 5.41) is 70.0. The highest BCUT2D eigenvalue weighted by atomic mass is 16.9. The van der Waals surface area contributed by atoms with Crippen molar-refractivity contribution in [2.24, 2.45) is 0 Å². The molecular weight excluding hydrogens is 392 g/mol. The fourth-order valence-corrected chi connectivity index (χ4v) is 3.22. The summed E-state index contributed by atoms with van der Waals surface area (Å²) in [7, 11) is 0. The van der Waals surface area contributed by atoms with Crippen LogP contribution in [0.2, 0.25) is 0 Å². The van der Waals surface area contributed by atoms with E-state index in [1.54, 1.807) is 30.3 Å². The van der Waals surface area contributed by atoms with Gasteiger partial charge in [0.15, 0.2) is 12.4 Å². The molecule has 11 nitrogen and oxygen atoms in total. The van der Waals surface area contributed by atoms with Gasteiger partial charge in [-0.3, -0.25) is 0 Å². The van der Waals surface area contributed by atoms with Gasteiger partial charge in [0.05, 0.1) is 19.8 Å². The normalized spacial score (nSPS) is 43.3. The van der Waals surface area contributed by atoms with Crippen LogP contribution in [0.3, 0.4) is 0 Å². The molecule has 0 aromatic heterocycles. The fourth-order valence-electron chi connectivity index (χ4n) is 3.22. The lowest BCUT2D eigenvalue weighted by Gasteiger charge is -2.48. The van der Waals surface area contributed by atoms with Gasteiger partial charge in [0.2, 0.25) is 0 Å². The van der Waals surface area contributed by atoms with E-state index in [1.165, 1.54) is 0 Å². The fraction of sp³-hybridized carbons (Fsp3) is 0.667. The summed E-state index contributed by atoms with van der Waals surface area (Å²) >= 11 is 0. The Balaban J connectivity index is 1.83. The van der Waals surface area contributed by atoms with Gasteiger partial charge in [-0.1, -0.05) is 30.3 Å². The molecule has 7 N–H and O–H groups in total. The highest BCUT2D eigenvalue weighted by Gasteiger charge is 2.57. The summed E-state index contributed by atoms with van der Waals surface area (Å²) in [5.41, 5.74) is 0.660. The minimum absolute atomic E-state index is 0.150. The Kier molecular flexibility index (Phi) is 7.19. The van der Waals surface area contributed by atoms with Crippen molar-refractivity contribution < 1.29 is 54.7 Å². The third-order valence-electron chi connectivity index (χ3n) is 4.96. The quantitative estimate of drug-likeness (QED) is 0.231. The minimum atomic E-state index is -2.39. The predicted octanol–water partition coefficient (Wildman–Crippen LogP) is -3.21. The van der Waals surface area contributed by atoms with Crippen LogP contribution >= 0.6 is 0 Å². The van der Waals surface area contributed by atoms with Gasteiger partial charge in [0, 0.05) is 0 Å². The van der Waals surface area contributed by atoms with E-state index in [4.69, 9.17) is 18.9 Å². The first-order valence-electron chi connectivity index (χ1n) is 9.13. The third kappa shape index (κ3) is 4.60. The molecule has 2 aliphatic heterocycles. The molecule has 3 rings (SSSR count). The Morgan fingerprint density at radius 1 is 0.966 bits per heavy atom. The molecule has 11 heteroatoms. The van der Waals surface area contributed by atoms with Crippen molar-refractivity contribution in [1.29, 1.82) is 0 Å². The minimum Gasteiger partial charge on any atom is -0.394 e. The SMILES string of the molecule is OC[C@@H]1OC(O)[C@@H](O[C@]2(OCc3ccccc3)OC[C@H](O)[C@@H](O)[C@@H]2O)[C@H](O)[C@H]1O. The van der Waals surface area contributed by atoms with E-state index in [0.29, 0.717) is 5.56 Å². The molecule has 2 saturated heterocycles. The summed E-state index contributed by atoms with van der Waals surface area (Å²) in [5.74, 6) is -2.39. The second-order valence-corrected chi connectivity index (χ2v) is 7.00. The first-order chi connectivity index (χ1) is 13.8. The van der Waals surface area contributed by atoms with Crippen LogP contribution in [0.15, 0.2) is 30.3 Å². The number of benzene rings is 1. The van der Waals surface area contributed by atoms with Crippen LogP contribution in [0.25, 0.3) is 0 Å². The molecule has 0 aliphatic carbocycles. The zero-order valence-corrected chi connectivity index (χ0v) is 15.4. The molecule has 1 aromatic rings. The van der Waals surface area contributed by atoms with E-state index in [9.17, 15) is 35.7 Å². The molecule has 9 atom stereocenters.